The van der Waals surface area contributed by atoms with Gasteiger partial charge in [0.15, 0.2) is 0 Å². The molecule has 0 bridgehead atoms. The highest BCUT2D eigenvalue weighted by Gasteiger charge is 2.29. The summed E-state index contributed by atoms with van der Waals surface area (Å²) in [5, 5.41) is 5.60. The standard InChI is InChI=1S/C16H25N3O6S/c1-23-8-5-17-12-16(20)18-13-3-4-14(24-2)15(11-13)26(21,22)19-6-9-25-10-7-19/h3-4,11,17H,5-10,12H2,1-2H3,(H,18,20). The van der Waals surface area contributed by atoms with Crippen LogP contribution < -0.4 is 15.4 Å². The molecule has 1 aliphatic rings. The van der Waals surface area contributed by atoms with Gasteiger partial charge in [-0.15, -0.1) is 0 Å². The molecule has 2 rings (SSSR count). The van der Waals surface area contributed by atoms with Gasteiger partial charge in [-0.05, 0) is 18.2 Å². The van der Waals surface area contributed by atoms with Crippen molar-refractivity contribution >= 4 is 21.6 Å². The average molecular weight is 387 g/mol. The molecule has 0 saturated carbocycles. The highest BCUT2D eigenvalue weighted by Crippen LogP contribution is 2.30. The fraction of sp³-hybridized carbons (Fsp3) is 0.562. The van der Waals surface area contributed by atoms with Crippen molar-refractivity contribution in [2.24, 2.45) is 0 Å². The van der Waals surface area contributed by atoms with E-state index in [1.807, 2.05) is 0 Å². The Morgan fingerprint density at radius 1 is 1.27 bits per heavy atom. The molecule has 26 heavy (non-hydrogen) atoms. The topological polar surface area (TPSA) is 106 Å². The zero-order valence-corrected chi connectivity index (χ0v) is 15.8. The first kappa shape index (κ1) is 20.6. The SMILES string of the molecule is COCCNCC(=O)Nc1ccc(OC)c(S(=O)(=O)N2CCOCC2)c1. The summed E-state index contributed by atoms with van der Waals surface area (Å²) in [4.78, 5) is 12.0. The quantitative estimate of drug-likeness (QED) is 0.570. The lowest BCUT2D eigenvalue weighted by atomic mass is 10.3. The lowest BCUT2D eigenvalue weighted by Crippen LogP contribution is -2.40. The van der Waals surface area contributed by atoms with E-state index >= 15 is 0 Å². The number of anilines is 1. The lowest BCUT2D eigenvalue weighted by molar-refractivity contribution is -0.115. The van der Waals surface area contributed by atoms with Crippen LogP contribution in [0.25, 0.3) is 0 Å². The largest absolute Gasteiger partial charge is 0.495 e. The van der Waals surface area contributed by atoms with Crippen LogP contribution in [0.5, 0.6) is 5.75 Å². The maximum atomic E-state index is 12.9. The molecule has 0 aliphatic carbocycles. The number of carbonyl (C=O) groups is 1. The monoisotopic (exact) mass is 387 g/mol. The molecule has 0 aromatic heterocycles. The van der Waals surface area contributed by atoms with Gasteiger partial charge in [0.05, 0.1) is 33.5 Å². The molecule has 1 amide bonds. The molecule has 10 heteroatoms. The molecule has 2 N–H and O–H groups in total. The molecule has 1 aromatic rings. The minimum atomic E-state index is -3.74. The van der Waals surface area contributed by atoms with Gasteiger partial charge in [0, 0.05) is 32.4 Å². The van der Waals surface area contributed by atoms with Crippen molar-refractivity contribution in [3.63, 3.8) is 0 Å². The maximum absolute atomic E-state index is 12.9. The molecule has 9 nitrogen and oxygen atoms in total. The van der Waals surface area contributed by atoms with Crippen molar-refractivity contribution in [3.8, 4) is 5.75 Å². The van der Waals surface area contributed by atoms with E-state index in [9.17, 15) is 13.2 Å². The van der Waals surface area contributed by atoms with Gasteiger partial charge in [0.1, 0.15) is 10.6 Å². The number of carbonyl (C=O) groups excluding carboxylic acids is 1. The normalized spacial score (nSPS) is 15.6. The van der Waals surface area contributed by atoms with Crippen molar-refractivity contribution in [2.45, 2.75) is 4.90 Å². The summed E-state index contributed by atoms with van der Waals surface area (Å²) in [5.74, 6) is -0.0475. The molecule has 1 saturated heterocycles. The molecule has 1 aromatic carbocycles. The number of sulfonamides is 1. The highest BCUT2D eigenvalue weighted by molar-refractivity contribution is 7.89. The van der Waals surface area contributed by atoms with Gasteiger partial charge in [-0.3, -0.25) is 4.79 Å². The summed E-state index contributed by atoms with van der Waals surface area (Å²) in [6, 6.07) is 4.54. The van der Waals surface area contributed by atoms with Crippen LogP contribution in [0.2, 0.25) is 0 Å². The van der Waals surface area contributed by atoms with Crippen molar-refractivity contribution in [3.05, 3.63) is 18.2 Å². The Bertz CT molecular complexity index is 704. The number of hydrogen-bond acceptors (Lipinski definition) is 7. The number of ether oxygens (including phenoxy) is 3. The van der Waals surface area contributed by atoms with Crippen LogP contribution in [0.4, 0.5) is 5.69 Å². The average Bonchev–Trinajstić information content (AvgIpc) is 2.66. The number of rotatable bonds is 9. The molecular formula is C16H25N3O6S. The Hall–Kier alpha value is -1.72. The summed E-state index contributed by atoms with van der Waals surface area (Å²) < 4.78 is 42.5. The van der Waals surface area contributed by atoms with E-state index in [0.29, 0.717) is 32.1 Å². The second kappa shape index (κ2) is 9.83. The Morgan fingerprint density at radius 3 is 2.65 bits per heavy atom. The van der Waals surface area contributed by atoms with Crippen LogP contribution in [-0.2, 0) is 24.3 Å². The Labute approximate surface area is 153 Å². The number of nitrogens with one attached hydrogen (secondary N) is 2. The van der Waals surface area contributed by atoms with E-state index in [1.54, 1.807) is 13.2 Å². The molecule has 146 valence electrons. The molecule has 0 unspecified atom stereocenters. The summed E-state index contributed by atoms with van der Waals surface area (Å²) in [7, 11) is -0.755. The summed E-state index contributed by atoms with van der Waals surface area (Å²) in [6.45, 7) is 2.41. The Kier molecular flexibility index (Phi) is 7.79. The Balaban J connectivity index is 2.13. The van der Waals surface area contributed by atoms with Crippen LogP contribution in [0.3, 0.4) is 0 Å². The number of methoxy groups -OCH3 is 2. The van der Waals surface area contributed by atoms with E-state index in [0.717, 1.165) is 0 Å². The molecule has 1 aliphatic heterocycles. The van der Waals surface area contributed by atoms with Crippen molar-refractivity contribution in [2.75, 3.05) is 65.5 Å². The van der Waals surface area contributed by atoms with Gasteiger partial charge in [-0.2, -0.15) is 4.31 Å². The third kappa shape index (κ3) is 5.39. The first-order chi connectivity index (χ1) is 12.5. The molecular weight excluding hydrogens is 362 g/mol. The fourth-order valence-corrected chi connectivity index (χ4v) is 4.05. The van der Waals surface area contributed by atoms with Gasteiger partial charge in [-0.1, -0.05) is 0 Å². The third-order valence-electron chi connectivity index (χ3n) is 3.80. The van der Waals surface area contributed by atoms with E-state index in [-0.39, 0.29) is 36.2 Å². The lowest BCUT2D eigenvalue weighted by Gasteiger charge is -2.26. The first-order valence-electron chi connectivity index (χ1n) is 8.24. The molecule has 0 atom stereocenters. The number of benzene rings is 1. The van der Waals surface area contributed by atoms with Crippen molar-refractivity contribution in [1.29, 1.82) is 0 Å². The third-order valence-corrected chi connectivity index (χ3v) is 5.72. The smallest absolute Gasteiger partial charge is 0.246 e. The molecule has 0 radical (unpaired) electrons. The van der Waals surface area contributed by atoms with Gasteiger partial charge in [0.25, 0.3) is 0 Å². The van der Waals surface area contributed by atoms with E-state index in [4.69, 9.17) is 14.2 Å². The molecule has 1 fully saturated rings. The predicted octanol–water partition coefficient (Wildman–Crippen LogP) is -0.109. The Morgan fingerprint density at radius 2 is 2.00 bits per heavy atom. The van der Waals surface area contributed by atoms with Crippen molar-refractivity contribution in [1.82, 2.24) is 9.62 Å². The second-order valence-electron chi connectivity index (χ2n) is 5.60. The minimum absolute atomic E-state index is 0.0204. The number of amides is 1. The zero-order chi connectivity index (χ0) is 19.0. The summed E-state index contributed by atoms with van der Waals surface area (Å²) in [6.07, 6.45) is 0. The predicted molar refractivity (Wildman–Crippen MR) is 95.9 cm³/mol. The van der Waals surface area contributed by atoms with E-state index in [1.165, 1.54) is 23.5 Å². The van der Waals surface area contributed by atoms with Gasteiger partial charge in [0.2, 0.25) is 15.9 Å². The second-order valence-corrected chi connectivity index (χ2v) is 7.51. The van der Waals surface area contributed by atoms with E-state index < -0.39 is 10.0 Å². The van der Waals surface area contributed by atoms with E-state index in [2.05, 4.69) is 10.6 Å². The van der Waals surface area contributed by atoms with Crippen molar-refractivity contribution < 1.29 is 27.4 Å². The van der Waals surface area contributed by atoms with Crippen LogP contribution in [0, 0.1) is 0 Å². The summed E-state index contributed by atoms with van der Waals surface area (Å²) >= 11 is 0. The van der Waals surface area contributed by atoms with Crippen LogP contribution in [0.1, 0.15) is 0 Å². The number of hydrogen-bond donors (Lipinski definition) is 2. The van der Waals surface area contributed by atoms with Crippen LogP contribution >= 0.6 is 0 Å². The first-order valence-corrected chi connectivity index (χ1v) is 9.68. The van der Waals surface area contributed by atoms with Gasteiger partial charge < -0.3 is 24.8 Å². The maximum Gasteiger partial charge on any atom is 0.246 e. The van der Waals surface area contributed by atoms with Gasteiger partial charge in [-0.25, -0.2) is 8.42 Å². The fourth-order valence-electron chi connectivity index (χ4n) is 2.46. The number of nitrogens with zero attached hydrogens (tertiary/aromatic N) is 1. The van der Waals surface area contributed by atoms with Crippen LogP contribution in [0.15, 0.2) is 23.1 Å². The zero-order valence-electron chi connectivity index (χ0n) is 15.0. The van der Waals surface area contributed by atoms with Gasteiger partial charge >= 0.3 is 0 Å². The number of morpholine rings is 1. The van der Waals surface area contributed by atoms with Crippen LogP contribution in [-0.4, -0.2) is 78.8 Å². The molecule has 0 spiro atoms. The summed E-state index contributed by atoms with van der Waals surface area (Å²) in [5.41, 5.74) is 0.385. The minimum Gasteiger partial charge on any atom is -0.495 e. The molecule has 1 heterocycles. The highest BCUT2D eigenvalue weighted by atomic mass is 32.2.